The third-order valence-corrected chi connectivity index (χ3v) is 6.04. The van der Waals surface area contributed by atoms with Crippen molar-refractivity contribution in [2.45, 2.75) is 96.9 Å². The quantitative estimate of drug-likeness (QED) is 0.228. The molecule has 8 heteroatoms. The number of nitrogens with zero attached hydrogens (tertiary/aromatic N) is 2. The van der Waals surface area contributed by atoms with Gasteiger partial charge in [-0.25, -0.2) is 4.79 Å². The predicted octanol–water partition coefficient (Wildman–Crippen LogP) is 5.38. The van der Waals surface area contributed by atoms with Crippen molar-refractivity contribution in [3.05, 3.63) is 35.7 Å². The van der Waals surface area contributed by atoms with E-state index in [-0.39, 0.29) is 11.5 Å². The number of hydrogen-bond donors (Lipinski definition) is 3. The molecule has 0 aliphatic rings. The molecule has 0 bridgehead atoms. The lowest BCUT2D eigenvalue weighted by atomic mass is 10.1. The molecule has 8 nitrogen and oxygen atoms in total. The Hall–Kier alpha value is -2.74. The van der Waals surface area contributed by atoms with Gasteiger partial charge in [0.15, 0.2) is 0 Å². The fourth-order valence-electron chi connectivity index (χ4n) is 3.89. The van der Waals surface area contributed by atoms with Crippen LogP contribution in [0.3, 0.4) is 0 Å². The number of hydrogen-bond acceptors (Lipinski definition) is 6. The van der Waals surface area contributed by atoms with Crippen molar-refractivity contribution < 1.29 is 19.1 Å². The number of carbonyl (C=O) groups is 2. The minimum Gasteiger partial charge on any atom is -0.478 e. The van der Waals surface area contributed by atoms with E-state index in [0.29, 0.717) is 30.3 Å². The molecule has 0 fully saturated rings. The Kier molecular flexibility index (Phi) is 13.7. The van der Waals surface area contributed by atoms with Gasteiger partial charge in [-0.3, -0.25) is 4.79 Å². The van der Waals surface area contributed by atoms with Crippen LogP contribution in [0.4, 0.5) is 0 Å². The number of carboxylic acid groups (broad SMARTS) is 1. The van der Waals surface area contributed by atoms with Crippen LogP contribution < -0.4 is 10.6 Å². The first-order valence-electron chi connectivity index (χ1n) is 13.2. The summed E-state index contributed by atoms with van der Waals surface area (Å²) < 4.78 is 5.80. The first-order chi connectivity index (χ1) is 17.0. The van der Waals surface area contributed by atoms with Crippen molar-refractivity contribution in [3.63, 3.8) is 0 Å². The maximum Gasteiger partial charge on any atom is 0.335 e. The smallest absolute Gasteiger partial charge is 0.335 e. The number of aromatic nitrogens is 2. The largest absolute Gasteiger partial charge is 0.478 e. The molecule has 3 N–H and O–H groups in total. The maximum atomic E-state index is 12.9. The maximum absolute atomic E-state index is 12.9. The zero-order valence-corrected chi connectivity index (χ0v) is 21.4. The molecular weight excluding hydrogens is 444 g/mol. The molecule has 0 aliphatic carbocycles. The summed E-state index contributed by atoms with van der Waals surface area (Å²) in [4.78, 5) is 23.9. The second-order valence-corrected chi connectivity index (χ2v) is 9.07. The molecule has 0 saturated heterocycles. The van der Waals surface area contributed by atoms with Crippen molar-refractivity contribution in [3.8, 4) is 11.5 Å². The molecule has 35 heavy (non-hydrogen) atoms. The molecule has 0 aliphatic heterocycles. The van der Waals surface area contributed by atoms with E-state index in [1.54, 1.807) is 12.1 Å². The summed E-state index contributed by atoms with van der Waals surface area (Å²) in [6.07, 6.45) is 13.2. The number of aromatic carboxylic acids is 1. The van der Waals surface area contributed by atoms with Gasteiger partial charge >= 0.3 is 5.97 Å². The number of amides is 1. The summed E-state index contributed by atoms with van der Waals surface area (Å²) in [5, 5.41) is 23.7. The Balaban J connectivity index is 1.91. The van der Waals surface area contributed by atoms with E-state index in [2.05, 4.69) is 34.7 Å². The lowest BCUT2D eigenvalue weighted by molar-refractivity contribution is -0.123. The van der Waals surface area contributed by atoms with Crippen LogP contribution in [0, 0.1) is 0 Å². The lowest BCUT2D eigenvalue weighted by Crippen LogP contribution is -2.46. The molecule has 0 spiro atoms. The van der Waals surface area contributed by atoms with Crippen molar-refractivity contribution in [1.82, 2.24) is 20.8 Å². The van der Waals surface area contributed by atoms with E-state index >= 15 is 0 Å². The van der Waals surface area contributed by atoms with Gasteiger partial charge in [0.05, 0.1) is 18.0 Å². The Morgan fingerprint density at radius 2 is 1.46 bits per heavy atom. The van der Waals surface area contributed by atoms with Crippen LogP contribution in [0.15, 0.2) is 28.7 Å². The van der Waals surface area contributed by atoms with Crippen LogP contribution in [0.5, 0.6) is 0 Å². The van der Waals surface area contributed by atoms with Gasteiger partial charge in [-0.2, -0.15) is 0 Å². The highest BCUT2D eigenvalue weighted by atomic mass is 16.4. The van der Waals surface area contributed by atoms with Crippen LogP contribution >= 0.6 is 0 Å². The number of nitrogens with one attached hydrogen (secondary N) is 2. The number of carboxylic acids is 1. The van der Waals surface area contributed by atoms with E-state index in [1.165, 1.54) is 50.7 Å². The van der Waals surface area contributed by atoms with Gasteiger partial charge < -0.3 is 20.2 Å². The minimum atomic E-state index is -0.988. The number of unbranched alkanes of at least 4 members (excludes halogenated alkanes) is 9. The zero-order valence-electron chi connectivity index (χ0n) is 21.4. The van der Waals surface area contributed by atoms with Gasteiger partial charge in [0.1, 0.15) is 0 Å². The van der Waals surface area contributed by atoms with E-state index in [0.717, 1.165) is 38.6 Å². The minimum absolute atomic E-state index is 0.0463. The third-order valence-electron chi connectivity index (χ3n) is 6.04. The molecule has 1 heterocycles. The van der Waals surface area contributed by atoms with Crippen LogP contribution in [0.2, 0.25) is 0 Å². The van der Waals surface area contributed by atoms with Crippen LogP contribution in [-0.4, -0.2) is 46.3 Å². The summed E-state index contributed by atoms with van der Waals surface area (Å²) in [6.45, 7) is 5.82. The average Bonchev–Trinajstić information content (AvgIpc) is 3.33. The molecule has 1 atom stereocenters. The molecule has 194 valence electrons. The van der Waals surface area contributed by atoms with Gasteiger partial charge in [0.2, 0.25) is 17.7 Å². The fraction of sp³-hybridized carbons (Fsp3) is 0.630. The zero-order chi connectivity index (χ0) is 25.3. The van der Waals surface area contributed by atoms with Gasteiger partial charge in [-0.05, 0) is 43.7 Å². The second kappa shape index (κ2) is 16.8. The Labute approximate surface area is 209 Å². The topological polar surface area (TPSA) is 117 Å². The summed E-state index contributed by atoms with van der Waals surface area (Å²) >= 11 is 0. The van der Waals surface area contributed by atoms with E-state index in [4.69, 9.17) is 9.52 Å². The standard InChI is InChI=1S/C27H42N4O4/c1-3-5-7-9-10-11-13-18-28-23(25(32)29-19-12-8-6-4-2)20-24-30-31-26(35-24)21-14-16-22(17-15-21)27(33)34/h14-17,23,28H,3-13,18-20H2,1-2H3,(H,29,32)(H,33,34)/t23-/m0/s1. The van der Waals surface area contributed by atoms with Crippen molar-refractivity contribution >= 4 is 11.9 Å². The predicted molar refractivity (Wildman–Crippen MR) is 137 cm³/mol. The van der Waals surface area contributed by atoms with Crippen molar-refractivity contribution in [2.24, 2.45) is 0 Å². The summed E-state index contributed by atoms with van der Waals surface area (Å²) in [6, 6.07) is 5.84. The first-order valence-corrected chi connectivity index (χ1v) is 13.2. The van der Waals surface area contributed by atoms with E-state index < -0.39 is 12.0 Å². The second-order valence-electron chi connectivity index (χ2n) is 9.07. The molecule has 0 radical (unpaired) electrons. The van der Waals surface area contributed by atoms with E-state index in [1.807, 2.05) is 0 Å². The molecule has 1 aromatic heterocycles. The fourth-order valence-corrected chi connectivity index (χ4v) is 3.89. The van der Waals surface area contributed by atoms with Gasteiger partial charge in [0, 0.05) is 12.1 Å². The molecule has 0 saturated carbocycles. The first kappa shape index (κ1) is 28.5. The Bertz CT molecular complexity index is 866. The van der Waals surface area contributed by atoms with E-state index in [9.17, 15) is 9.59 Å². The lowest BCUT2D eigenvalue weighted by Gasteiger charge is -2.17. The normalized spacial score (nSPS) is 11.9. The van der Waals surface area contributed by atoms with Crippen LogP contribution in [0.1, 0.15) is 101 Å². The van der Waals surface area contributed by atoms with Gasteiger partial charge in [0.25, 0.3) is 0 Å². The molecule has 2 aromatic rings. The Morgan fingerprint density at radius 1 is 0.857 bits per heavy atom. The highest BCUT2D eigenvalue weighted by Crippen LogP contribution is 2.19. The number of carbonyl (C=O) groups excluding carboxylic acids is 1. The highest BCUT2D eigenvalue weighted by Gasteiger charge is 2.21. The Morgan fingerprint density at radius 3 is 2.11 bits per heavy atom. The van der Waals surface area contributed by atoms with Crippen LogP contribution in [0.25, 0.3) is 11.5 Å². The van der Waals surface area contributed by atoms with Gasteiger partial charge in [-0.15, -0.1) is 10.2 Å². The monoisotopic (exact) mass is 486 g/mol. The van der Waals surface area contributed by atoms with Crippen LogP contribution in [-0.2, 0) is 11.2 Å². The van der Waals surface area contributed by atoms with Crippen molar-refractivity contribution in [1.29, 1.82) is 0 Å². The SMILES string of the molecule is CCCCCCCCCN[C@@H](Cc1nnc(-c2ccc(C(=O)O)cc2)o1)C(=O)NCCCCCC. The summed E-state index contributed by atoms with van der Waals surface area (Å²) in [5.74, 6) is -0.350. The van der Waals surface area contributed by atoms with Gasteiger partial charge in [-0.1, -0.05) is 71.6 Å². The third kappa shape index (κ3) is 11.0. The number of benzene rings is 1. The molecule has 1 amide bonds. The summed E-state index contributed by atoms with van der Waals surface area (Å²) in [7, 11) is 0. The number of rotatable bonds is 19. The molecular formula is C27H42N4O4. The molecule has 0 unspecified atom stereocenters. The van der Waals surface area contributed by atoms with Crippen molar-refractivity contribution in [2.75, 3.05) is 13.1 Å². The summed E-state index contributed by atoms with van der Waals surface area (Å²) in [5.41, 5.74) is 0.834. The molecule has 1 aromatic carbocycles. The highest BCUT2D eigenvalue weighted by molar-refractivity contribution is 5.88. The molecule has 2 rings (SSSR count). The average molecular weight is 487 g/mol.